The highest BCUT2D eigenvalue weighted by atomic mass is 16.6. The van der Waals surface area contributed by atoms with Gasteiger partial charge in [0.05, 0.1) is 0 Å². The van der Waals surface area contributed by atoms with Crippen LogP contribution < -0.4 is 9.47 Å². The van der Waals surface area contributed by atoms with Crippen molar-refractivity contribution in [1.29, 1.82) is 0 Å². The van der Waals surface area contributed by atoms with Crippen LogP contribution in [0, 0.1) is 0 Å². The molecule has 27 heavy (non-hydrogen) atoms. The number of rotatable bonds is 4. The number of pyridine rings is 1. The Bertz CT molecular complexity index is 788. The molecule has 2 aliphatic heterocycles. The molecule has 0 spiro atoms. The molecule has 2 aliphatic rings. The summed E-state index contributed by atoms with van der Waals surface area (Å²) in [4.78, 5) is 19.8. The fraction of sp³-hybridized carbons (Fsp3) is 0.400. The summed E-state index contributed by atoms with van der Waals surface area (Å²) < 4.78 is 11.7. The maximum Gasteiger partial charge on any atom is 0.257 e. The van der Waals surface area contributed by atoms with Crippen molar-refractivity contribution in [1.82, 2.24) is 14.8 Å². The van der Waals surface area contributed by atoms with Crippen LogP contribution in [0.3, 0.4) is 0 Å². The smallest absolute Gasteiger partial charge is 0.257 e. The maximum absolute atomic E-state index is 11.5. The number of aliphatic hydroxyl groups excluding tert-OH is 1. The van der Waals surface area contributed by atoms with Crippen molar-refractivity contribution in [2.24, 2.45) is 0 Å². The monoisotopic (exact) mass is 369 g/mol. The van der Waals surface area contributed by atoms with E-state index < -0.39 is 6.61 Å². The summed E-state index contributed by atoms with van der Waals surface area (Å²) in [7, 11) is 0. The maximum atomic E-state index is 11.5. The van der Waals surface area contributed by atoms with Gasteiger partial charge >= 0.3 is 0 Å². The first kappa shape index (κ1) is 17.8. The van der Waals surface area contributed by atoms with E-state index in [9.17, 15) is 4.79 Å². The number of fused-ring (bicyclic) bond motifs is 1. The van der Waals surface area contributed by atoms with Gasteiger partial charge in [-0.15, -0.1) is 0 Å². The number of benzene rings is 1. The van der Waals surface area contributed by atoms with Gasteiger partial charge in [-0.2, -0.15) is 0 Å². The van der Waals surface area contributed by atoms with Crippen LogP contribution in [0.4, 0.5) is 0 Å². The van der Waals surface area contributed by atoms with Crippen molar-refractivity contribution in [2.45, 2.75) is 12.6 Å². The van der Waals surface area contributed by atoms with Gasteiger partial charge in [0.1, 0.15) is 13.2 Å². The Kier molecular flexibility index (Phi) is 5.22. The highest BCUT2D eigenvalue weighted by Gasteiger charge is 2.24. The van der Waals surface area contributed by atoms with Gasteiger partial charge in [0, 0.05) is 38.9 Å². The molecule has 0 aliphatic carbocycles. The molecule has 0 saturated carbocycles. The van der Waals surface area contributed by atoms with E-state index in [1.54, 1.807) is 11.1 Å². The fourth-order valence-electron chi connectivity index (χ4n) is 3.42. The Morgan fingerprint density at radius 2 is 1.93 bits per heavy atom. The zero-order valence-electron chi connectivity index (χ0n) is 15.1. The Morgan fingerprint density at radius 1 is 1.15 bits per heavy atom. The van der Waals surface area contributed by atoms with Gasteiger partial charge in [0.25, 0.3) is 5.88 Å². The topological polar surface area (TPSA) is 75.1 Å². The van der Waals surface area contributed by atoms with Crippen LogP contribution in [-0.2, 0) is 11.3 Å². The van der Waals surface area contributed by atoms with Crippen molar-refractivity contribution in [3.8, 4) is 11.6 Å². The molecule has 1 N–H and O–H groups in total. The molecule has 3 heterocycles. The van der Waals surface area contributed by atoms with Gasteiger partial charge in [0.15, 0.2) is 11.9 Å². The summed E-state index contributed by atoms with van der Waals surface area (Å²) in [6.45, 7) is 3.86. The first-order valence-corrected chi connectivity index (χ1v) is 9.17. The summed E-state index contributed by atoms with van der Waals surface area (Å²) in [5.41, 5.74) is 2.28. The number of amides is 1. The second kappa shape index (κ2) is 7.94. The normalized spacial score (nSPS) is 19.7. The third-order valence-electron chi connectivity index (χ3n) is 5.00. The highest BCUT2D eigenvalue weighted by Crippen LogP contribution is 2.33. The van der Waals surface area contributed by atoms with E-state index in [0.29, 0.717) is 31.3 Å². The van der Waals surface area contributed by atoms with Crippen LogP contribution in [0.25, 0.3) is 0 Å². The molecule has 1 fully saturated rings. The lowest BCUT2D eigenvalue weighted by molar-refractivity contribution is -0.135. The highest BCUT2D eigenvalue weighted by molar-refractivity contribution is 5.77. The number of piperazine rings is 1. The molecule has 7 nitrogen and oxygen atoms in total. The van der Waals surface area contributed by atoms with E-state index in [1.807, 2.05) is 12.1 Å². The minimum atomic E-state index is -0.408. The van der Waals surface area contributed by atoms with Crippen molar-refractivity contribution < 1.29 is 19.4 Å². The average molecular weight is 369 g/mol. The quantitative estimate of drug-likeness (QED) is 0.874. The molecular formula is C20H23N3O4. The van der Waals surface area contributed by atoms with Crippen LogP contribution >= 0.6 is 0 Å². The molecule has 1 aromatic carbocycles. The second-order valence-electron chi connectivity index (χ2n) is 6.78. The molecule has 0 radical (unpaired) electrons. The molecule has 4 rings (SSSR count). The van der Waals surface area contributed by atoms with E-state index in [2.05, 4.69) is 34.1 Å². The molecule has 1 atom stereocenters. The van der Waals surface area contributed by atoms with Gasteiger partial charge in [-0.3, -0.25) is 9.69 Å². The third kappa shape index (κ3) is 4.04. The van der Waals surface area contributed by atoms with Crippen LogP contribution in [0.15, 0.2) is 42.6 Å². The zero-order valence-corrected chi connectivity index (χ0v) is 15.1. The Hall–Kier alpha value is -2.64. The van der Waals surface area contributed by atoms with Gasteiger partial charge in [-0.1, -0.05) is 24.3 Å². The van der Waals surface area contributed by atoms with Crippen molar-refractivity contribution in [3.05, 3.63) is 53.7 Å². The van der Waals surface area contributed by atoms with Gasteiger partial charge in [0.2, 0.25) is 5.91 Å². The van der Waals surface area contributed by atoms with Crippen molar-refractivity contribution >= 4 is 5.91 Å². The number of hydrogen-bond acceptors (Lipinski definition) is 6. The minimum Gasteiger partial charge on any atom is -0.484 e. The number of carbonyl (C=O) groups excluding carboxylic acids is 1. The fourth-order valence-corrected chi connectivity index (χ4v) is 3.42. The summed E-state index contributed by atoms with van der Waals surface area (Å²) in [5, 5.41) is 8.95. The SMILES string of the molecule is O=C(CO)N1CCN(Cc2ccc(C3COc4cccnc4O3)cc2)CC1. The lowest BCUT2D eigenvalue weighted by Crippen LogP contribution is -2.49. The Balaban J connectivity index is 1.33. The molecule has 0 bridgehead atoms. The summed E-state index contributed by atoms with van der Waals surface area (Å²) in [6, 6.07) is 12.0. The number of nitrogens with zero attached hydrogens (tertiary/aromatic N) is 3. The first-order valence-electron chi connectivity index (χ1n) is 9.17. The number of carbonyl (C=O) groups is 1. The van der Waals surface area contributed by atoms with Crippen molar-refractivity contribution in [2.75, 3.05) is 39.4 Å². The number of hydrogen-bond donors (Lipinski definition) is 1. The molecule has 142 valence electrons. The Morgan fingerprint density at radius 3 is 2.67 bits per heavy atom. The van der Waals surface area contributed by atoms with Gasteiger partial charge in [-0.05, 0) is 23.3 Å². The number of aliphatic hydroxyl groups is 1. The van der Waals surface area contributed by atoms with Crippen molar-refractivity contribution in [3.63, 3.8) is 0 Å². The minimum absolute atomic E-state index is 0.158. The summed E-state index contributed by atoms with van der Waals surface area (Å²) in [5.74, 6) is 1.03. The van der Waals surface area contributed by atoms with E-state index >= 15 is 0 Å². The van der Waals surface area contributed by atoms with E-state index in [-0.39, 0.29) is 12.0 Å². The predicted molar refractivity (Wildman–Crippen MR) is 98.5 cm³/mol. The second-order valence-corrected chi connectivity index (χ2v) is 6.78. The first-order chi connectivity index (χ1) is 13.2. The molecule has 1 aromatic heterocycles. The number of aromatic nitrogens is 1. The zero-order chi connectivity index (χ0) is 18.6. The lowest BCUT2D eigenvalue weighted by atomic mass is 10.1. The molecular weight excluding hydrogens is 346 g/mol. The molecule has 1 unspecified atom stereocenters. The molecule has 1 saturated heterocycles. The van der Waals surface area contributed by atoms with Crippen LogP contribution in [0.1, 0.15) is 17.2 Å². The summed E-state index contributed by atoms with van der Waals surface area (Å²) >= 11 is 0. The number of ether oxygens (including phenoxy) is 2. The molecule has 2 aromatic rings. The molecule has 7 heteroatoms. The van der Waals surface area contributed by atoms with Gasteiger partial charge in [-0.25, -0.2) is 4.98 Å². The average Bonchev–Trinajstić information content (AvgIpc) is 2.74. The van der Waals surface area contributed by atoms with Gasteiger partial charge < -0.3 is 19.5 Å². The van der Waals surface area contributed by atoms with E-state index in [0.717, 1.165) is 25.2 Å². The van der Waals surface area contributed by atoms with E-state index in [4.69, 9.17) is 14.6 Å². The third-order valence-corrected chi connectivity index (χ3v) is 5.00. The molecule has 1 amide bonds. The van der Waals surface area contributed by atoms with Crippen LogP contribution in [0.2, 0.25) is 0 Å². The van der Waals surface area contributed by atoms with E-state index in [1.165, 1.54) is 5.56 Å². The van der Waals surface area contributed by atoms with Crippen LogP contribution in [-0.4, -0.2) is 65.2 Å². The Labute approximate surface area is 158 Å². The standard InChI is InChI=1S/C20H23N3O4/c24-13-19(25)23-10-8-22(9-11-23)12-15-3-5-16(6-4-15)18-14-26-17-2-1-7-21-20(17)27-18/h1-7,18,24H,8-14H2. The lowest BCUT2D eigenvalue weighted by Gasteiger charge is -2.34. The largest absolute Gasteiger partial charge is 0.484 e. The van der Waals surface area contributed by atoms with Crippen LogP contribution in [0.5, 0.6) is 11.6 Å². The summed E-state index contributed by atoms with van der Waals surface area (Å²) in [6.07, 6.45) is 1.54. The predicted octanol–water partition coefficient (Wildman–Crippen LogP) is 1.23.